The van der Waals surface area contributed by atoms with Crippen LogP contribution in [-0.4, -0.2) is 95.9 Å². The van der Waals surface area contributed by atoms with Crippen molar-refractivity contribution in [1.82, 2.24) is 0 Å². The average molecular weight is 1380 g/mol. The van der Waals surface area contributed by atoms with Gasteiger partial charge in [0.05, 0.1) is 26.4 Å². The second-order valence-corrected chi connectivity index (χ2v) is 27.2. The van der Waals surface area contributed by atoms with E-state index in [1.807, 2.05) is 0 Å². The van der Waals surface area contributed by atoms with Crippen LogP contribution in [0.4, 0.5) is 0 Å². The summed E-state index contributed by atoms with van der Waals surface area (Å²) < 4.78 is 60.9. The summed E-state index contributed by atoms with van der Waals surface area (Å²) in [5, 5.41) is 20.6. The summed E-state index contributed by atoms with van der Waals surface area (Å²) in [7, 11) is -9.78. The third-order valence-corrected chi connectivity index (χ3v) is 17.1. The van der Waals surface area contributed by atoms with Crippen molar-refractivity contribution in [2.75, 3.05) is 39.6 Å². The molecule has 0 radical (unpaired) electrons. The highest BCUT2D eigenvalue weighted by atomic mass is 31.2. The third-order valence-electron chi connectivity index (χ3n) is 15.2. The van der Waals surface area contributed by atoms with Gasteiger partial charge in [-0.2, -0.15) is 0 Å². The molecular formula is C77H132O16P2. The van der Waals surface area contributed by atoms with Crippen LogP contribution < -0.4 is 0 Å². The van der Waals surface area contributed by atoms with E-state index >= 15 is 0 Å². The lowest BCUT2D eigenvalue weighted by Crippen LogP contribution is -2.30. The lowest BCUT2D eigenvalue weighted by atomic mass is 10.0. The molecule has 5 atom stereocenters. The predicted molar refractivity (Wildman–Crippen MR) is 390 cm³/mol. The van der Waals surface area contributed by atoms with Crippen LogP contribution in [0.5, 0.6) is 0 Å². The van der Waals surface area contributed by atoms with E-state index in [4.69, 9.17) is 32.3 Å². The van der Waals surface area contributed by atoms with Gasteiger partial charge in [0.15, 0.2) is 6.10 Å². The zero-order chi connectivity index (χ0) is 69.5. The first kappa shape index (κ1) is 91.0. The number of carbonyl (C=O) groups excluding carboxylic acids is 3. The molecule has 0 aromatic rings. The predicted octanol–water partition coefficient (Wildman–Crippen LogP) is 21.0. The number of rotatable bonds is 69. The van der Waals surface area contributed by atoms with E-state index in [0.717, 1.165) is 148 Å². The Morgan fingerprint density at radius 1 is 0.305 bits per heavy atom. The fourth-order valence-corrected chi connectivity index (χ4v) is 11.2. The molecular weight excluding hydrogens is 1240 g/mol. The number of phosphoric acid groups is 2. The van der Waals surface area contributed by atoms with Gasteiger partial charge in [-0.05, 0) is 109 Å². The lowest BCUT2D eigenvalue weighted by Gasteiger charge is -2.21. The summed E-state index contributed by atoms with van der Waals surface area (Å²) in [6.45, 7) is 2.42. The van der Waals surface area contributed by atoms with Crippen molar-refractivity contribution in [2.45, 2.75) is 309 Å². The molecule has 0 aliphatic rings. The minimum Gasteiger partial charge on any atom is -0.463 e. The molecule has 0 amide bonds. The summed E-state index contributed by atoms with van der Waals surface area (Å²) in [6.07, 6.45) is 81.1. The Morgan fingerprint density at radius 3 is 0.884 bits per heavy atom. The van der Waals surface area contributed by atoms with Crippen LogP contribution in [0.25, 0.3) is 0 Å². The number of hydrogen-bond acceptors (Lipinski definition) is 14. The first-order chi connectivity index (χ1) is 46.2. The monoisotopic (exact) mass is 1370 g/mol. The molecule has 0 aliphatic heterocycles. The van der Waals surface area contributed by atoms with Gasteiger partial charge < -0.3 is 34.2 Å². The Hall–Kier alpha value is -4.05. The first-order valence-electron chi connectivity index (χ1n) is 36.8. The summed E-state index contributed by atoms with van der Waals surface area (Å²) in [4.78, 5) is 58.4. The molecule has 0 aromatic heterocycles. The minimum atomic E-state index is -4.93. The fourth-order valence-electron chi connectivity index (χ4n) is 9.62. The highest BCUT2D eigenvalue weighted by Gasteiger charge is 2.29. The molecule has 0 heterocycles. The molecule has 5 unspecified atom stereocenters. The van der Waals surface area contributed by atoms with Crippen molar-refractivity contribution >= 4 is 33.6 Å². The van der Waals surface area contributed by atoms with Gasteiger partial charge in [-0.25, -0.2) is 9.13 Å². The molecule has 0 bridgehead atoms. The van der Waals surface area contributed by atoms with Gasteiger partial charge in [0.2, 0.25) is 0 Å². The van der Waals surface area contributed by atoms with Crippen LogP contribution in [0.15, 0.2) is 122 Å². The highest BCUT2D eigenvalue weighted by Crippen LogP contribution is 2.45. The molecule has 0 saturated heterocycles. The van der Waals surface area contributed by atoms with Crippen LogP contribution in [0, 0.1) is 0 Å². The number of unbranched alkanes of at least 4 members (excludes halogenated alkanes) is 26. The number of esters is 3. The molecule has 4 N–H and O–H groups in total. The number of hydrogen-bond donors (Lipinski definition) is 4. The van der Waals surface area contributed by atoms with Gasteiger partial charge in [-0.1, -0.05) is 284 Å². The topological polar surface area (TPSA) is 231 Å². The molecule has 0 aliphatic carbocycles. The zero-order valence-corrected chi connectivity index (χ0v) is 61.1. The van der Waals surface area contributed by atoms with Crippen molar-refractivity contribution in [3.8, 4) is 0 Å². The second-order valence-electron chi connectivity index (χ2n) is 24.3. The molecule has 0 aromatic carbocycles. The SMILES string of the molecule is CC/C=C\C/C=C\C/C=C\C/C=C\C/C=C\CCCCCCCCCCCCCC(=O)OCC(O)COP(=O)(O)OCC(O)COP(=O)(O)OCC(COC(=O)CCCCCCC/C=C\C/C=C\C/C=C\C/C=C\C/C=C\CC)OC(=O)CCCCCCCCCCCCC. The molecule has 16 nitrogen and oxygen atoms in total. The van der Waals surface area contributed by atoms with Crippen molar-refractivity contribution in [2.24, 2.45) is 0 Å². The molecule has 0 fully saturated rings. The quantitative estimate of drug-likeness (QED) is 0.0146. The van der Waals surface area contributed by atoms with Gasteiger partial charge in [-0.3, -0.25) is 32.5 Å². The summed E-state index contributed by atoms with van der Waals surface area (Å²) >= 11 is 0. The summed E-state index contributed by atoms with van der Waals surface area (Å²) in [5.74, 6) is -1.60. The molecule has 0 spiro atoms. The smallest absolute Gasteiger partial charge is 0.463 e. The Kier molecular flexibility index (Phi) is 66.9. The lowest BCUT2D eigenvalue weighted by molar-refractivity contribution is -0.161. The average Bonchev–Trinajstić information content (AvgIpc) is 3.10. The number of ether oxygens (including phenoxy) is 3. The maximum absolute atomic E-state index is 12.9. The number of allylic oxidation sites excluding steroid dienone is 20. The van der Waals surface area contributed by atoms with Crippen LogP contribution in [0.1, 0.15) is 290 Å². The van der Waals surface area contributed by atoms with E-state index in [1.54, 1.807) is 0 Å². The van der Waals surface area contributed by atoms with Gasteiger partial charge >= 0.3 is 33.6 Å². The van der Waals surface area contributed by atoms with Crippen molar-refractivity contribution in [3.63, 3.8) is 0 Å². The molecule has 95 heavy (non-hydrogen) atoms. The highest BCUT2D eigenvalue weighted by molar-refractivity contribution is 7.47. The first-order valence-corrected chi connectivity index (χ1v) is 39.8. The Morgan fingerprint density at radius 2 is 0.558 bits per heavy atom. The van der Waals surface area contributed by atoms with Gasteiger partial charge in [0.1, 0.15) is 25.4 Å². The van der Waals surface area contributed by atoms with E-state index in [2.05, 4.69) is 142 Å². The van der Waals surface area contributed by atoms with Crippen molar-refractivity contribution < 1.29 is 75.8 Å². The van der Waals surface area contributed by atoms with Crippen LogP contribution >= 0.6 is 15.6 Å². The summed E-state index contributed by atoms with van der Waals surface area (Å²) in [5.41, 5.74) is 0. The molecule has 18 heteroatoms. The molecule has 0 saturated carbocycles. The Labute approximate surface area is 576 Å². The number of phosphoric ester groups is 2. The van der Waals surface area contributed by atoms with Gasteiger partial charge in [0, 0.05) is 19.3 Å². The Balaban J connectivity index is 4.50. The maximum Gasteiger partial charge on any atom is 0.472 e. The third kappa shape index (κ3) is 71.1. The van der Waals surface area contributed by atoms with E-state index in [-0.39, 0.29) is 19.3 Å². The fraction of sp³-hybridized carbons (Fsp3) is 0.701. The van der Waals surface area contributed by atoms with Crippen molar-refractivity contribution in [3.05, 3.63) is 122 Å². The maximum atomic E-state index is 12.9. The second kappa shape index (κ2) is 69.8. The van der Waals surface area contributed by atoms with E-state index < -0.39 is 91.5 Å². The Bertz CT molecular complexity index is 2210. The largest absolute Gasteiger partial charge is 0.472 e. The number of aliphatic hydroxyl groups excluding tert-OH is 2. The van der Waals surface area contributed by atoms with Crippen molar-refractivity contribution in [1.29, 1.82) is 0 Å². The van der Waals surface area contributed by atoms with Crippen LogP contribution in [0.3, 0.4) is 0 Å². The molecule has 546 valence electrons. The van der Waals surface area contributed by atoms with Crippen LogP contribution in [-0.2, 0) is 55.8 Å². The van der Waals surface area contributed by atoms with Gasteiger partial charge in [0.25, 0.3) is 0 Å². The standard InChI is InChI=1S/C77H132O16P2/c1-4-7-10-13-16-19-22-24-26-28-30-32-33-34-35-36-37-39-41-42-44-46-49-51-54-57-60-63-75(80)87-66-72(78)67-89-94(83,84)90-68-73(79)69-91-95(85,86)92-71-74(93-77(82)65-62-59-56-53-48-21-18-15-12-9-6-3)70-88-76(81)64-61-58-55-52-50-47-45-43-40-38-31-29-27-25-23-20-17-14-11-8-5-2/h7-8,10-11,16-17,19-20,24-27,30-32,34-35,38,43,45,72-74,78-79H,4-6,9,12-15,18,21-23,28-29,33,36-37,39-42,44,46-71H2,1-3H3,(H,83,84)(H,85,86)/b10-7-,11-8-,19-16-,20-17-,26-24-,27-25-,32-30-,35-34-,38-31-,45-43-. The van der Waals surface area contributed by atoms with Gasteiger partial charge in [-0.15, -0.1) is 0 Å². The van der Waals surface area contributed by atoms with E-state index in [0.29, 0.717) is 19.3 Å². The van der Waals surface area contributed by atoms with E-state index in [9.17, 15) is 43.5 Å². The van der Waals surface area contributed by atoms with Crippen LogP contribution in [0.2, 0.25) is 0 Å². The van der Waals surface area contributed by atoms with E-state index in [1.165, 1.54) is 83.5 Å². The minimum absolute atomic E-state index is 0.100. The molecule has 0 rings (SSSR count). The normalized spacial score (nSPS) is 14.8. The zero-order valence-electron chi connectivity index (χ0n) is 59.3. The number of carbonyl (C=O) groups is 3. The summed E-state index contributed by atoms with van der Waals surface area (Å²) in [6, 6.07) is 0. The number of aliphatic hydroxyl groups is 2.